The molecule has 0 unspecified atom stereocenters. The smallest absolute Gasteiger partial charge is 0.335 e. The number of aliphatic imine (C=N–C) groups is 1. The van der Waals surface area contributed by atoms with Gasteiger partial charge in [-0.25, -0.2) is 9.79 Å². The van der Waals surface area contributed by atoms with Crippen LogP contribution in [0, 0.1) is 25.2 Å². The number of para-hydroxylation sites is 1. The number of fused-ring (bicyclic) bond motifs is 1. The molecule has 0 radical (unpaired) electrons. The number of amides is 1. The molecule has 0 aliphatic heterocycles. The summed E-state index contributed by atoms with van der Waals surface area (Å²) in [5, 5.41) is 13.2. The minimum Gasteiger partial charge on any atom is -0.478 e. The highest BCUT2D eigenvalue weighted by molar-refractivity contribution is 7.16. The van der Waals surface area contributed by atoms with E-state index in [9.17, 15) is 14.7 Å². The molecular weight excluding hydrogens is 518 g/mol. The van der Waals surface area contributed by atoms with Crippen molar-refractivity contribution in [1.29, 1.82) is 0 Å². The summed E-state index contributed by atoms with van der Waals surface area (Å²) in [6.45, 7) is 10.9. The van der Waals surface area contributed by atoms with Crippen LogP contribution in [0.1, 0.15) is 75.3 Å². The number of nitrogens with zero attached hydrogens (tertiary/aromatic N) is 2. The lowest BCUT2D eigenvalue weighted by atomic mass is 9.72. The van der Waals surface area contributed by atoms with Gasteiger partial charge in [0.2, 0.25) is 0 Å². The predicted molar refractivity (Wildman–Crippen MR) is 163 cm³/mol. The number of aromatic carboxylic acids is 1. The number of hydrogen-bond acceptors (Lipinski definition) is 4. The number of nitrogens with one attached hydrogen (secondary N) is 1. The summed E-state index contributed by atoms with van der Waals surface area (Å²) in [4.78, 5) is 31.3. The molecule has 6 nitrogen and oxygen atoms in total. The number of thiophene rings is 1. The quantitative estimate of drug-likeness (QED) is 0.237. The van der Waals surface area contributed by atoms with Crippen molar-refractivity contribution in [3.63, 3.8) is 0 Å². The summed E-state index contributed by atoms with van der Waals surface area (Å²) in [7, 11) is 0. The number of hydrogen-bond donors (Lipinski definition) is 2. The fraction of sp³-hybridized carbons (Fsp3) is 0.303. The van der Waals surface area contributed by atoms with Crippen LogP contribution in [0.15, 0.2) is 65.7 Å². The third kappa shape index (κ3) is 5.52. The Hall–Kier alpha value is -3.97. The molecule has 2 aromatic carbocycles. The van der Waals surface area contributed by atoms with Crippen LogP contribution in [0.2, 0.25) is 0 Å². The van der Waals surface area contributed by atoms with Crippen molar-refractivity contribution in [2.75, 3.05) is 5.32 Å². The third-order valence-electron chi connectivity index (χ3n) is 7.87. The number of carboxylic acids is 1. The molecule has 40 heavy (non-hydrogen) atoms. The van der Waals surface area contributed by atoms with E-state index in [1.807, 2.05) is 67.1 Å². The lowest BCUT2D eigenvalue weighted by Gasteiger charge is -2.33. The fourth-order valence-corrected chi connectivity index (χ4v) is 6.84. The molecule has 5 rings (SSSR count). The topological polar surface area (TPSA) is 83.7 Å². The van der Waals surface area contributed by atoms with Gasteiger partial charge in [0, 0.05) is 39.4 Å². The van der Waals surface area contributed by atoms with Crippen molar-refractivity contribution in [3.8, 4) is 5.69 Å². The number of carboxylic acid groups (broad SMARTS) is 1. The molecule has 0 saturated carbocycles. The van der Waals surface area contributed by atoms with Gasteiger partial charge in [-0.15, -0.1) is 11.3 Å². The van der Waals surface area contributed by atoms with Crippen molar-refractivity contribution in [1.82, 2.24) is 4.57 Å². The molecule has 4 aromatic rings. The van der Waals surface area contributed by atoms with E-state index >= 15 is 0 Å². The van der Waals surface area contributed by atoms with Crippen molar-refractivity contribution in [2.24, 2.45) is 16.3 Å². The zero-order chi connectivity index (χ0) is 28.6. The molecule has 0 fully saturated rings. The lowest BCUT2D eigenvalue weighted by molar-refractivity contribution is 0.0696. The Morgan fingerprint density at radius 2 is 1.82 bits per heavy atom. The van der Waals surface area contributed by atoms with Gasteiger partial charge in [0.25, 0.3) is 5.91 Å². The largest absolute Gasteiger partial charge is 0.478 e. The number of aromatic nitrogens is 1. The number of carbonyl (C=O) groups excluding carboxylic acids is 1. The van der Waals surface area contributed by atoms with E-state index in [1.165, 1.54) is 4.88 Å². The fourth-order valence-electron chi connectivity index (χ4n) is 5.57. The molecule has 2 aromatic heterocycles. The predicted octanol–water partition coefficient (Wildman–Crippen LogP) is 8.01. The lowest BCUT2D eigenvalue weighted by Crippen LogP contribution is -2.27. The van der Waals surface area contributed by atoms with E-state index in [2.05, 4.69) is 26.1 Å². The van der Waals surface area contributed by atoms with Gasteiger partial charge >= 0.3 is 5.97 Å². The van der Waals surface area contributed by atoms with E-state index in [1.54, 1.807) is 29.5 Å². The molecule has 2 heterocycles. The Kier molecular flexibility index (Phi) is 7.51. The Morgan fingerprint density at radius 3 is 2.52 bits per heavy atom. The second-order valence-electron chi connectivity index (χ2n) is 11.6. The number of benzene rings is 2. The van der Waals surface area contributed by atoms with Crippen LogP contribution in [0.5, 0.6) is 0 Å². The zero-order valence-corrected chi connectivity index (χ0v) is 24.4. The summed E-state index contributed by atoms with van der Waals surface area (Å²) >= 11 is 1.63. The summed E-state index contributed by atoms with van der Waals surface area (Å²) in [6, 6.07) is 18.5. The molecule has 0 spiro atoms. The van der Waals surface area contributed by atoms with Crippen LogP contribution in [0.4, 0.5) is 10.7 Å². The maximum Gasteiger partial charge on any atom is 0.335 e. The normalized spacial score (nSPS) is 15.3. The first kappa shape index (κ1) is 27.6. The SMILES string of the molecule is Cc1cc(C=Nc2sc3c(c2C(=O)Nc2ccccc2)CC[C@@H](C(C)(C)C)C3)c(C)n1-c1cccc(C(=O)O)c1. The molecule has 1 amide bonds. The second-order valence-corrected chi connectivity index (χ2v) is 12.7. The first-order chi connectivity index (χ1) is 19.0. The van der Waals surface area contributed by atoms with Crippen molar-refractivity contribution in [2.45, 2.75) is 53.9 Å². The third-order valence-corrected chi connectivity index (χ3v) is 9.03. The highest BCUT2D eigenvalue weighted by Gasteiger charge is 2.33. The average Bonchev–Trinajstić information content (AvgIpc) is 3.42. The Labute approximate surface area is 239 Å². The van der Waals surface area contributed by atoms with E-state index in [4.69, 9.17) is 4.99 Å². The summed E-state index contributed by atoms with van der Waals surface area (Å²) < 4.78 is 2.03. The molecule has 0 saturated heterocycles. The zero-order valence-electron chi connectivity index (χ0n) is 23.6. The number of aryl methyl sites for hydroxylation is 1. The van der Waals surface area contributed by atoms with Gasteiger partial charge in [-0.1, -0.05) is 45.0 Å². The van der Waals surface area contributed by atoms with Gasteiger partial charge in [0.15, 0.2) is 0 Å². The van der Waals surface area contributed by atoms with Gasteiger partial charge < -0.3 is 15.0 Å². The van der Waals surface area contributed by atoms with Gasteiger partial charge in [-0.2, -0.15) is 0 Å². The van der Waals surface area contributed by atoms with E-state index in [0.717, 1.165) is 58.2 Å². The molecule has 1 aliphatic carbocycles. The molecular formula is C33H35N3O3S. The Morgan fingerprint density at radius 1 is 1.07 bits per heavy atom. The molecule has 1 aliphatic rings. The maximum atomic E-state index is 13.6. The average molecular weight is 554 g/mol. The number of carbonyl (C=O) groups is 2. The second kappa shape index (κ2) is 10.9. The van der Waals surface area contributed by atoms with Crippen LogP contribution in [0.3, 0.4) is 0 Å². The molecule has 2 N–H and O–H groups in total. The van der Waals surface area contributed by atoms with Gasteiger partial charge in [-0.3, -0.25) is 4.79 Å². The molecule has 7 heteroatoms. The molecule has 206 valence electrons. The van der Waals surface area contributed by atoms with Crippen molar-refractivity contribution < 1.29 is 14.7 Å². The van der Waals surface area contributed by atoms with Crippen LogP contribution in [-0.2, 0) is 12.8 Å². The minimum atomic E-state index is -0.956. The maximum absolute atomic E-state index is 13.6. The van der Waals surface area contributed by atoms with Gasteiger partial charge in [0.1, 0.15) is 5.00 Å². The van der Waals surface area contributed by atoms with E-state index < -0.39 is 5.97 Å². The Balaban J connectivity index is 1.52. The first-order valence-electron chi connectivity index (χ1n) is 13.6. The van der Waals surface area contributed by atoms with Crippen molar-refractivity contribution in [3.05, 3.63) is 99.2 Å². The highest BCUT2D eigenvalue weighted by atomic mass is 32.1. The summed E-state index contributed by atoms with van der Waals surface area (Å²) in [5.74, 6) is -0.523. The summed E-state index contributed by atoms with van der Waals surface area (Å²) in [5.41, 5.74) is 6.65. The first-order valence-corrected chi connectivity index (χ1v) is 14.4. The highest BCUT2D eigenvalue weighted by Crippen LogP contribution is 2.45. The van der Waals surface area contributed by atoms with Gasteiger partial charge in [-0.05, 0) is 86.4 Å². The Bertz CT molecular complexity index is 1610. The van der Waals surface area contributed by atoms with E-state index in [-0.39, 0.29) is 16.9 Å². The van der Waals surface area contributed by atoms with Crippen LogP contribution in [-0.4, -0.2) is 27.8 Å². The minimum absolute atomic E-state index is 0.124. The van der Waals surface area contributed by atoms with Gasteiger partial charge in [0.05, 0.1) is 11.1 Å². The number of anilines is 1. The van der Waals surface area contributed by atoms with Crippen LogP contribution >= 0.6 is 11.3 Å². The van der Waals surface area contributed by atoms with Crippen LogP contribution in [0.25, 0.3) is 5.69 Å². The van der Waals surface area contributed by atoms with Crippen LogP contribution < -0.4 is 5.32 Å². The standard InChI is InChI=1S/C33H35N3O3S/c1-20-16-23(21(2)36(20)26-13-9-10-22(17-26)32(38)39)19-34-31-29(30(37)35-25-11-7-6-8-12-25)27-15-14-24(33(3,4)5)18-28(27)40-31/h6-13,16-17,19,24H,14-15,18H2,1-5H3,(H,35,37)(H,38,39)/t24-/m1/s1. The molecule has 0 bridgehead atoms. The summed E-state index contributed by atoms with van der Waals surface area (Å²) in [6.07, 6.45) is 4.71. The van der Waals surface area contributed by atoms with Crippen molar-refractivity contribution >= 4 is 40.1 Å². The number of rotatable bonds is 6. The molecule has 1 atom stereocenters. The van der Waals surface area contributed by atoms with E-state index in [0.29, 0.717) is 11.5 Å². The monoisotopic (exact) mass is 553 g/mol.